The Hall–Kier alpha value is -0.120. The molecular weight excluding hydrogens is 282 g/mol. The molecule has 1 heterocycles. The molecule has 0 aliphatic heterocycles. The van der Waals surface area contributed by atoms with Crippen molar-refractivity contribution in [3.05, 3.63) is 32.4 Å². The fourth-order valence-electron chi connectivity index (χ4n) is 2.23. The molecule has 1 unspecified atom stereocenters. The van der Waals surface area contributed by atoms with E-state index < -0.39 is 0 Å². The molecule has 1 nitrogen and oxygen atoms in total. The zero-order valence-corrected chi connectivity index (χ0v) is 12.0. The summed E-state index contributed by atoms with van der Waals surface area (Å²) in [4.78, 5) is 1.43. The Morgan fingerprint density at radius 1 is 1.50 bits per heavy atom. The molecule has 1 aliphatic carbocycles. The van der Waals surface area contributed by atoms with Crippen LogP contribution in [-0.4, -0.2) is 6.54 Å². The first-order valence-corrected chi connectivity index (χ1v) is 7.65. The Labute approximate surface area is 110 Å². The minimum atomic E-state index is 0.430. The van der Waals surface area contributed by atoms with Crippen molar-refractivity contribution in [1.29, 1.82) is 0 Å². The van der Waals surface area contributed by atoms with Gasteiger partial charge in [0.25, 0.3) is 0 Å². The van der Waals surface area contributed by atoms with Crippen molar-refractivity contribution in [2.24, 2.45) is 0 Å². The quantitative estimate of drug-likeness (QED) is 0.797. The van der Waals surface area contributed by atoms with Gasteiger partial charge in [0, 0.05) is 9.35 Å². The van der Waals surface area contributed by atoms with Gasteiger partial charge in [-0.25, -0.2) is 0 Å². The molecule has 1 aromatic rings. The first-order valence-electron chi connectivity index (χ1n) is 5.98. The van der Waals surface area contributed by atoms with E-state index in [1.54, 1.807) is 5.57 Å². The number of hydrogen-bond donors (Lipinski definition) is 1. The van der Waals surface area contributed by atoms with Crippen LogP contribution in [0.5, 0.6) is 0 Å². The maximum atomic E-state index is 3.65. The van der Waals surface area contributed by atoms with E-state index in [0.29, 0.717) is 6.04 Å². The summed E-state index contributed by atoms with van der Waals surface area (Å²) in [6, 6.07) is 2.58. The van der Waals surface area contributed by atoms with Gasteiger partial charge in [0.05, 0.1) is 6.04 Å². The summed E-state index contributed by atoms with van der Waals surface area (Å²) in [6.07, 6.45) is 7.63. The SMILES string of the molecule is CCNC(C1=CCCCC1)c1sccc1Br. The predicted octanol–water partition coefficient (Wildman–Crippen LogP) is 4.66. The van der Waals surface area contributed by atoms with E-state index >= 15 is 0 Å². The lowest BCUT2D eigenvalue weighted by Gasteiger charge is -2.23. The van der Waals surface area contributed by atoms with Gasteiger partial charge in [-0.05, 0) is 59.6 Å². The molecule has 3 heteroatoms. The van der Waals surface area contributed by atoms with E-state index in [-0.39, 0.29) is 0 Å². The fraction of sp³-hybridized carbons (Fsp3) is 0.538. The number of hydrogen-bond acceptors (Lipinski definition) is 2. The minimum absolute atomic E-state index is 0.430. The summed E-state index contributed by atoms with van der Waals surface area (Å²) in [7, 11) is 0. The molecule has 0 bridgehead atoms. The van der Waals surface area contributed by atoms with Crippen LogP contribution >= 0.6 is 27.3 Å². The van der Waals surface area contributed by atoms with Crippen molar-refractivity contribution in [2.75, 3.05) is 6.54 Å². The Kier molecular flexibility index (Phi) is 4.62. The molecule has 0 fully saturated rings. The molecule has 0 saturated carbocycles. The van der Waals surface area contributed by atoms with Gasteiger partial charge in [-0.2, -0.15) is 0 Å². The lowest BCUT2D eigenvalue weighted by atomic mass is 9.93. The second-order valence-corrected chi connectivity index (χ2v) is 5.95. The van der Waals surface area contributed by atoms with Crippen LogP contribution in [0.3, 0.4) is 0 Å². The third-order valence-corrected chi connectivity index (χ3v) is 4.95. The van der Waals surface area contributed by atoms with Crippen molar-refractivity contribution in [2.45, 2.75) is 38.6 Å². The molecule has 1 aliphatic rings. The lowest BCUT2D eigenvalue weighted by molar-refractivity contribution is 0.569. The van der Waals surface area contributed by atoms with Crippen LogP contribution in [-0.2, 0) is 0 Å². The molecule has 0 saturated heterocycles. The maximum absolute atomic E-state index is 3.65. The smallest absolute Gasteiger partial charge is 0.0641 e. The van der Waals surface area contributed by atoms with E-state index in [1.165, 1.54) is 35.0 Å². The first kappa shape index (κ1) is 12.3. The fourth-order valence-corrected chi connectivity index (χ4v) is 3.95. The molecular formula is C13H18BrNS. The largest absolute Gasteiger partial charge is 0.306 e. The van der Waals surface area contributed by atoms with Crippen LogP contribution < -0.4 is 5.32 Å². The van der Waals surface area contributed by atoms with Crippen LogP contribution in [0.25, 0.3) is 0 Å². The molecule has 1 atom stereocenters. The molecule has 0 radical (unpaired) electrons. The second-order valence-electron chi connectivity index (χ2n) is 4.15. The molecule has 0 spiro atoms. The average Bonchev–Trinajstić information content (AvgIpc) is 2.73. The predicted molar refractivity (Wildman–Crippen MR) is 75.0 cm³/mol. The number of nitrogens with one attached hydrogen (secondary N) is 1. The summed E-state index contributed by atoms with van der Waals surface area (Å²) in [5, 5.41) is 5.77. The highest BCUT2D eigenvalue weighted by Gasteiger charge is 2.20. The number of allylic oxidation sites excluding steroid dienone is 1. The topological polar surface area (TPSA) is 12.0 Å². The van der Waals surface area contributed by atoms with Gasteiger partial charge in [-0.15, -0.1) is 11.3 Å². The van der Waals surface area contributed by atoms with E-state index in [4.69, 9.17) is 0 Å². The lowest BCUT2D eigenvalue weighted by Crippen LogP contribution is -2.23. The molecule has 88 valence electrons. The molecule has 2 rings (SSSR count). The van der Waals surface area contributed by atoms with Crippen molar-refractivity contribution >= 4 is 27.3 Å². The highest BCUT2D eigenvalue weighted by molar-refractivity contribution is 9.10. The van der Waals surface area contributed by atoms with Crippen molar-refractivity contribution in [3.8, 4) is 0 Å². The van der Waals surface area contributed by atoms with Crippen LogP contribution in [0.1, 0.15) is 43.5 Å². The standard InChI is InChI=1S/C13H18BrNS/c1-2-15-12(10-6-4-3-5-7-10)13-11(14)8-9-16-13/h6,8-9,12,15H,2-5,7H2,1H3. The number of halogens is 1. The highest BCUT2D eigenvalue weighted by atomic mass is 79.9. The number of rotatable bonds is 4. The van der Waals surface area contributed by atoms with E-state index in [2.05, 4.69) is 45.7 Å². The van der Waals surface area contributed by atoms with E-state index in [0.717, 1.165) is 6.54 Å². The summed E-state index contributed by atoms with van der Waals surface area (Å²) < 4.78 is 1.25. The van der Waals surface area contributed by atoms with Crippen LogP contribution in [0.15, 0.2) is 27.6 Å². The molecule has 16 heavy (non-hydrogen) atoms. The van der Waals surface area contributed by atoms with E-state index in [1.807, 2.05) is 11.3 Å². The van der Waals surface area contributed by atoms with Gasteiger partial charge in [-0.1, -0.05) is 18.6 Å². The third-order valence-electron chi connectivity index (χ3n) is 3.01. The van der Waals surface area contributed by atoms with Crippen LogP contribution in [0, 0.1) is 0 Å². The zero-order valence-electron chi connectivity index (χ0n) is 9.63. The number of likely N-dealkylation sites (N-methyl/N-ethyl adjacent to an activating group) is 1. The van der Waals surface area contributed by atoms with Crippen LogP contribution in [0.2, 0.25) is 0 Å². The highest BCUT2D eigenvalue weighted by Crippen LogP contribution is 2.36. The molecule has 1 N–H and O–H groups in total. The van der Waals surface area contributed by atoms with Gasteiger partial charge in [-0.3, -0.25) is 0 Å². The summed E-state index contributed by atoms with van der Waals surface area (Å²) >= 11 is 5.49. The van der Waals surface area contributed by atoms with Gasteiger partial charge in [0.1, 0.15) is 0 Å². The molecule has 0 amide bonds. The molecule has 1 aromatic heterocycles. The minimum Gasteiger partial charge on any atom is -0.306 e. The molecule has 0 aromatic carbocycles. The third kappa shape index (κ3) is 2.76. The monoisotopic (exact) mass is 299 g/mol. The maximum Gasteiger partial charge on any atom is 0.0641 e. The van der Waals surface area contributed by atoms with E-state index in [9.17, 15) is 0 Å². The van der Waals surface area contributed by atoms with Gasteiger partial charge in [0.15, 0.2) is 0 Å². The van der Waals surface area contributed by atoms with Gasteiger partial charge >= 0.3 is 0 Å². The summed E-state index contributed by atoms with van der Waals surface area (Å²) in [5.41, 5.74) is 1.58. The zero-order chi connectivity index (χ0) is 11.4. The normalized spacial score (nSPS) is 18.2. The number of thiophene rings is 1. The van der Waals surface area contributed by atoms with Crippen molar-refractivity contribution < 1.29 is 0 Å². The van der Waals surface area contributed by atoms with Crippen molar-refractivity contribution in [1.82, 2.24) is 5.32 Å². The van der Waals surface area contributed by atoms with Gasteiger partial charge < -0.3 is 5.32 Å². The Morgan fingerprint density at radius 3 is 2.94 bits per heavy atom. The first-order chi connectivity index (χ1) is 7.83. The summed E-state index contributed by atoms with van der Waals surface area (Å²) in [5.74, 6) is 0. The van der Waals surface area contributed by atoms with Crippen molar-refractivity contribution in [3.63, 3.8) is 0 Å². The second kappa shape index (κ2) is 5.99. The van der Waals surface area contributed by atoms with Gasteiger partial charge in [0.2, 0.25) is 0 Å². The Bertz CT molecular complexity index is 370. The average molecular weight is 300 g/mol. The Morgan fingerprint density at radius 2 is 2.38 bits per heavy atom. The van der Waals surface area contributed by atoms with Crippen LogP contribution in [0.4, 0.5) is 0 Å². The Balaban J connectivity index is 2.23. The summed E-state index contributed by atoms with van der Waals surface area (Å²) in [6.45, 7) is 3.20.